The van der Waals surface area contributed by atoms with Crippen LogP contribution in [0.1, 0.15) is 39.5 Å². The highest BCUT2D eigenvalue weighted by atomic mass is 16.5. The highest BCUT2D eigenvalue weighted by molar-refractivity contribution is 4.98. The third kappa shape index (κ3) is 11.5. The molecule has 0 aliphatic heterocycles. The molecule has 0 aliphatic carbocycles. The minimum absolute atomic E-state index is 0.541. The first-order valence-electron chi connectivity index (χ1n) is 5.53. The first kappa shape index (κ1) is 13.5. The third-order valence-electron chi connectivity index (χ3n) is 1.78. The molecule has 0 saturated heterocycles. The van der Waals surface area contributed by atoms with Gasteiger partial charge in [0, 0.05) is 13.0 Å². The summed E-state index contributed by atoms with van der Waals surface area (Å²) < 4.78 is 10.4. The molecule has 0 atom stereocenters. The van der Waals surface area contributed by atoms with Crippen LogP contribution in [0.4, 0.5) is 0 Å². The van der Waals surface area contributed by atoms with Crippen molar-refractivity contribution in [3.63, 3.8) is 0 Å². The lowest BCUT2D eigenvalue weighted by Crippen LogP contribution is -2.03. The second-order valence-corrected chi connectivity index (χ2v) is 3.06. The second kappa shape index (κ2) is 12.5. The highest BCUT2D eigenvalue weighted by Gasteiger charge is 1.84. The van der Waals surface area contributed by atoms with Gasteiger partial charge in [0.05, 0.1) is 13.2 Å². The van der Waals surface area contributed by atoms with Crippen LogP contribution < -0.4 is 0 Å². The molecule has 0 amide bonds. The number of hydrogen-bond donors (Lipinski definition) is 0. The molecule has 82 valence electrons. The van der Waals surface area contributed by atoms with Crippen molar-refractivity contribution in [2.45, 2.75) is 39.5 Å². The number of hydrogen-bond acceptors (Lipinski definition) is 2. The Labute approximate surface area is 88.0 Å². The molecule has 0 unspecified atom stereocenters. The first-order chi connectivity index (χ1) is 6.91. The molecule has 0 aromatic carbocycles. The Balaban J connectivity index is 3.02. The predicted octanol–water partition coefficient (Wildman–Crippen LogP) is 2.62. The van der Waals surface area contributed by atoms with E-state index in [1.165, 1.54) is 19.3 Å². The standard InChI is InChI=1S/C12H22O2/c1-3-5-6-7-8-9-10-14-12-11-13-4-2/h3-7,10-12H2,1-2H3. The van der Waals surface area contributed by atoms with Gasteiger partial charge < -0.3 is 9.47 Å². The summed E-state index contributed by atoms with van der Waals surface area (Å²) >= 11 is 0. The maximum atomic E-state index is 5.24. The van der Waals surface area contributed by atoms with Gasteiger partial charge in [-0.05, 0) is 13.3 Å². The topological polar surface area (TPSA) is 18.5 Å². The van der Waals surface area contributed by atoms with Crippen LogP contribution in [-0.2, 0) is 9.47 Å². The summed E-state index contributed by atoms with van der Waals surface area (Å²) in [5.41, 5.74) is 0. The Kier molecular flexibility index (Phi) is 12.0. The van der Waals surface area contributed by atoms with Gasteiger partial charge in [-0.1, -0.05) is 25.7 Å². The minimum Gasteiger partial charge on any atom is -0.379 e. The summed E-state index contributed by atoms with van der Waals surface area (Å²) in [6, 6.07) is 0. The van der Waals surface area contributed by atoms with Crippen molar-refractivity contribution in [3.8, 4) is 11.8 Å². The van der Waals surface area contributed by atoms with Crippen molar-refractivity contribution in [1.29, 1.82) is 0 Å². The molecule has 0 heterocycles. The molecule has 0 spiro atoms. The zero-order chi connectivity index (χ0) is 10.5. The summed E-state index contributed by atoms with van der Waals surface area (Å²) in [5, 5.41) is 0. The fourth-order valence-electron chi connectivity index (χ4n) is 0.988. The fraction of sp³-hybridized carbons (Fsp3) is 0.833. The fourth-order valence-corrected chi connectivity index (χ4v) is 0.988. The van der Waals surface area contributed by atoms with E-state index in [9.17, 15) is 0 Å². The average molecular weight is 198 g/mol. The second-order valence-electron chi connectivity index (χ2n) is 3.06. The molecule has 2 nitrogen and oxygen atoms in total. The van der Waals surface area contributed by atoms with Gasteiger partial charge in [0.15, 0.2) is 0 Å². The first-order valence-corrected chi connectivity index (χ1v) is 5.53. The van der Waals surface area contributed by atoms with Crippen LogP contribution in [-0.4, -0.2) is 26.4 Å². The number of ether oxygens (including phenoxy) is 2. The molecule has 0 bridgehead atoms. The van der Waals surface area contributed by atoms with Gasteiger partial charge in [-0.25, -0.2) is 0 Å². The van der Waals surface area contributed by atoms with Crippen molar-refractivity contribution < 1.29 is 9.47 Å². The third-order valence-corrected chi connectivity index (χ3v) is 1.78. The normalized spacial score (nSPS) is 9.57. The van der Waals surface area contributed by atoms with Crippen LogP contribution in [0.2, 0.25) is 0 Å². The van der Waals surface area contributed by atoms with Crippen molar-refractivity contribution >= 4 is 0 Å². The number of rotatable bonds is 8. The van der Waals surface area contributed by atoms with E-state index in [0.29, 0.717) is 19.8 Å². The Morgan fingerprint density at radius 3 is 2.43 bits per heavy atom. The zero-order valence-electron chi connectivity index (χ0n) is 9.47. The van der Waals surface area contributed by atoms with Crippen LogP contribution in [0.15, 0.2) is 0 Å². The van der Waals surface area contributed by atoms with Crippen molar-refractivity contribution in [2.24, 2.45) is 0 Å². The van der Waals surface area contributed by atoms with Crippen LogP contribution in [0, 0.1) is 11.8 Å². The van der Waals surface area contributed by atoms with Crippen molar-refractivity contribution in [3.05, 3.63) is 0 Å². The van der Waals surface area contributed by atoms with Gasteiger partial charge in [0.1, 0.15) is 6.61 Å². The van der Waals surface area contributed by atoms with Crippen molar-refractivity contribution in [1.82, 2.24) is 0 Å². The molecule has 0 aliphatic rings. The van der Waals surface area contributed by atoms with Crippen LogP contribution in [0.25, 0.3) is 0 Å². The maximum Gasteiger partial charge on any atom is 0.107 e. The smallest absolute Gasteiger partial charge is 0.107 e. The van der Waals surface area contributed by atoms with Gasteiger partial charge in [0.25, 0.3) is 0 Å². The molecule has 2 heteroatoms. The summed E-state index contributed by atoms with van der Waals surface area (Å²) in [4.78, 5) is 0. The predicted molar refractivity (Wildman–Crippen MR) is 59.2 cm³/mol. The van der Waals surface area contributed by atoms with Crippen LogP contribution >= 0.6 is 0 Å². The molecular formula is C12H22O2. The molecule has 0 saturated carbocycles. The molecule has 14 heavy (non-hydrogen) atoms. The number of unbranched alkanes of at least 4 members (excludes halogenated alkanes) is 3. The van der Waals surface area contributed by atoms with Gasteiger partial charge in [-0.3, -0.25) is 0 Å². The molecule has 0 fully saturated rings. The lowest BCUT2D eigenvalue weighted by molar-refractivity contribution is 0.0662. The van der Waals surface area contributed by atoms with Gasteiger partial charge in [0.2, 0.25) is 0 Å². The van der Waals surface area contributed by atoms with E-state index >= 15 is 0 Å². The highest BCUT2D eigenvalue weighted by Crippen LogP contribution is 1.96. The van der Waals surface area contributed by atoms with E-state index in [-0.39, 0.29) is 0 Å². The molecule has 0 rings (SSSR count). The summed E-state index contributed by atoms with van der Waals surface area (Å²) in [5.74, 6) is 6.09. The van der Waals surface area contributed by atoms with Gasteiger partial charge in [-0.15, -0.1) is 5.92 Å². The molecule has 0 aromatic heterocycles. The quantitative estimate of drug-likeness (QED) is 0.441. The van der Waals surface area contributed by atoms with E-state index in [2.05, 4.69) is 18.8 Å². The summed E-state index contributed by atoms with van der Waals surface area (Å²) in [6.45, 7) is 6.80. The van der Waals surface area contributed by atoms with Crippen LogP contribution in [0.5, 0.6) is 0 Å². The Morgan fingerprint density at radius 1 is 0.929 bits per heavy atom. The van der Waals surface area contributed by atoms with E-state index in [4.69, 9.17) is 9.47 Å². The molecule has 0 radical (unpaired) electrons. The monoisotopic (exact) mass is 198 g/mol. The molecule has 0 N–H and O–H groups in total. The van der Waals surface area contributed by atoms with E-state index in [0.717, 1.165) is 13.0 Å². The molecular weight excluding hydrogens is 176 g/mol. The van der Waals surface area contributed by atoms with Crippen LogP contribution in [0.3, 0.4) is 0 Å². The Bertz CT molecular complexity index is 155. The average Bonchev–Trinajstić information content (AvgIpc) is 2.21. The SMILES string of the molecule is CCCCCC#CCOCCOCC. The van der Waals surface area contributed by atoms with E-state index in [1.54, 1.807) is 0 Å². The molecule has 0 aromatic rings. The zero-order valence-corrected chi connectivity index (χ0v) is 9.47. The van der Waals surface area contributed by atoms with Crippen molar-refractivity contribution in [2.75, 3.05) is 26.4 Å². The Hall–Kier alpha value is -0.520. The lowest BCUT2D eigenvalue weighted by Gasteiger charge is -1.99. The minimum atomic E-state index is 0.541. The maximum absolute atomic E-state index is 5.24. The largest absolute Gasteiger partial charge is 0.379 e. The van der Waals surface area contributed by atoms with E-state index < -0.39 is 0 Å². The lowest BCUT2D eigenvalue weighted by atomic mass is 10.2. The summed E-state index contributed by atoms with van der Waals surface area (Å²) in [6.07, 6.45) is 4.75. The van der Waals surface area contributed by atoms with Gasteiger partial charge in [-0.2, -0.15) is 0 Å². The Morgan fingerprint density at radius 2 is 1.71 bits per heavy atom. The van der Waals surface area contributed by atoms with Gasteiger partial charge >= 0.3 is 0 Å². The van der Waals surface area contributed by atoms with E-state index in [1.807, 2.05) is 6.92 Å². The summed E-state index contributed by atoms with van der Waals surface area (Å²) in [7, 11) is 0.